The van der Waals surface area contributed by atoms with Crippen LogP contribution in [0, 0.1) is 0 Å². The first-order valence-electron chi connectivity index (χ1n) is 6.62. The molecule has 1 unspecified atom stereocenters. The van der Waals surface area contributed by atoms with Crippen LogP contribution >= 0.6 is 0 Å². The lowest BCUT2D eigenvalue weighted by Crippen LogP contribution is -2.43. The molecular weight excluding hydrogens is 288 g/mol. The van der Waals surface area contributed by atoms with Crippen LogP contribution in [0.15, 0.2) is 36.4 Å². The topological polar surface area (TPSA) is 71.1 Å². The van der Waals surface area contributed by atoms with Crippen molar-refractivity contribution >= 4 is 11.9 Å². The fraction of sp³-hybridized carbons (Fsp3) is 0.375. The molecule has 0 saturated heterocycles. The molecule has 1 aromatic carbocycles. The van der Waals surface area contributed by atoms with Crippen LogP contribution in [0.5, 0.6) is 5.75 Å². The van der Waals surface area contributed by atoms with Gasteiger partial charge in [-0.15, -0.1) is 0 Å². The molecule has 6 nitrogen and oxygen atoms in total. The van der Waals surface area contributed by atoms with Crippen molar-refractivity contribution in [1.82, 2.24) is 0 Å². The maximum absolute atomic E-state index is 12.5. The first-order valence-corrected chi connectivity index (χ1v) is 6.62. The minimum absolute atomic E-state index is 0.133. The van der Waals surface area contributed by atoms with E-state index in [4.69, 9.17) is 14.2 Å². The van der Waals surface area contributed by atoms with Gasteiger partial charge in [0.05, 0.1) is 26.4 Å². The average Bonchev–Trinajstić information content (AvgIpc) is 2.55. The van der Waals surface area contributed by atoms with E-state index in [1.807, 2.05) is 0 Å². The molecule has 1 aromatic rings. The van der Waals surface area contributed by atoms with E-state index in [9.17, 15) is 9.59 Å². The highest BCUT2D eigenvalue weighted by atomic mass is 16.6. The molecule has 0 aromatic heterocycles. The number of methoxy groups -OCH3 is 3. The summed E-state index contributed by atoms with van der Waals surface area (Å²) in [5.41, 5.74) is -1.54. The molecule has 0 radical (unpaired) electrons. The summed E-state index contributed by atoms with van der Waals surface area (Å²) in [6.45, 7) is 5.45. The first-order chi connectivity index (χ1) is 10.5. The van der Waals surface area contributed by atoms with Gasteiger partial charge in [-0.05, 0) is 19.1 Å². The molecule has 6 heteroatoms. The Morgan fingerprint density at radius 3 is 2.14 bits per heavy atom. The Balaban J connectivity index is 3.44. The van der Waals surface area contributed by atoms with E-state index < -0.39 is 17.5 Å². The molecule has 1 rings (SSSR count). The summed E-state index contributed by atoms with van der Waals surface area (Å²) in [7, 11) is 4.03. The van der Waals surface area contributed by atoms with E-state index in [-0.39, 0.29) is 12.2 Å². The predicted octanol–water partition coefficient (Wildman–Crippen LogP) is 1.83. The molecule has 0 amide bonds. The molecule has 0 N–H and O–H groups in total. The molecule has 120 valence electrons. The van der Waals surface area contributed by atoms with Gasteiger partial charge in [0.15, 0.2) is 0 Å². The van der Waals surface area contributed by atoms with Gasteiger partial charge in [0.2, 0.25) is 5.60 Å². The predicted molar refractivity (Wildman–Crippen MR) is 79.5 cm³/mol. The Labute approximate surface area is 129 Å². The van der Waals surface area contributed by atoms with Gasteiger partial charge in [0.1, 0.15) is 5.75 Å². The quantitative estimate of drug-likeness (QED) is 0.565. The Morgan fingerprint density at radius 2 is 1.73 bits per heavy atom. The van der Waals surface area contributed by atoms with Crippen molar-refractivity contribution in [2.75, 3.05) is 27.9 Å². The fourth-order valence-electron chi connectivity index (χ4n) is 2.07. The first kappa shape index (κ1) is 17.7. The minimum Gasteiger partial charge on any atom is -0.497 e. The summed E-state index contributed by atoms with van der Waals surface area (Å²) in [6, 6.07) is 6.50. The second-order valence-corrected chi connectivity index (χ2v) is 4.30. The third-order valence-electron chi connectivity index (χ3n) is 3.22. The zero-order valence-corrected chi connectivity index (χ0v) is 13.2. The highest BCUT2D eigenvalue weighted by Crippen LogP contribution is 2.35. The van der Waals surface area contributed by atoms with Gasteiger partial charge in [-0.1, -0.05) is 18.7 Å². The largest absolute Gasteiger partial charge is 0.497 e. The van der Waals surface area contributed by atoms with Crippen molar-refractivity contribution in [3.05, 3.63) is 42.0 Å². The Bertz CT molecular complexity index is 548. The van der Waals surface area contributed by atoms with Gasteiger partial charge in [-0.25, -0.2) is 9.59 Å². The molecule has 0 heterocycles. The van der Waals surface area contributed by atoms with Crippen LogP contribution < -0.4 is 4.74 Å². The van der Waals surface area contributed by atoms with E-state index in [0.29, 0.717) is 11.3 Å². The number of benzene rings is 1. The number of rotatable bonds is 7. The third-order valence-corrected chi connectivity index (χ3v) is 3.22. The summed E-state index contributed by atoms with van der Waals surface area (Å²) in [5.74, 6) is -0.898. The Morgan fingerprint density at radius 1 is 1.14 bits per heavy atom. The van der Waals surface area contributed by atoms with E-state index in [1.165, 1.54) is 21.3 Å². The van der Waals surface area contributed by atoms with Gasteiger partial charge < -0.3 is 18.9 Å². The van der Waals surface area contributed by atoms with E-state index in [0.717, 1.165) is 0 Å². The van der Waals surface area contributed by atoms with Crippen molar-refractivity contribution < 1.29 is 28.5 Å². The molecule has 22 heavy (non-hydrogen) atoms. The number of hydrogen-bond donors (Lipinski definition) is 0. The zero-order chi connectivity index (χ0) is 16.8. The average molecular weight is 308 g/mol. The lowest BCUT2D eigenvalue weighted by Gasteiger charge is -2.31. The second kappa shape index (κ2) is 7.61. The van der Waals surface area contributed by atoms with Crippen LogP contribution in [0.4, 0.5) is 0 Å². The molecule has 0 aliphatic heterocycles. The molecule has 0 aliphatic rings. The van der Waals surface area contributed by atoms with E-state index in [1.54, 1.807) is 31.2 Å². The number of esters is 2. The number of carbonyl (C=O) groups is 2. The Hall–Kier alpha value is -2.34. The fourth-order valence-corrected chi connectivity index (χ4v) is 2.07. The van der Waals surface area contributed by atoms with Crippen LogP contribution in [0.2, 0.25) is 0 Å². The van der Waals surface area contributed by atoms with Crippen molar-refractivity contribution in [1.29, 1.82) is 0 Å². The minimum atomic E-state index is -1.77. The number of ether oxygens (including phenoxy) is 4. The van der Waals surface area contributed by atoms with Gasteiger partial charge in [-0.3, -0.25) is 0 Å². The maximum atomic E-state index is 12.5. The van der Waals surface area contributed by atoms with Crippen molar-refractivity contribution in [2.45, 2.75) is 12.5 Å². The summed E-state index contributed by atoms with van der Waals surface area (Å²) >= 11 is 0. The zero-order valence-electron chi connectivity index (χ0n) is 13.2. The second-order valence-electron chi connectivity index (χ2n) is 4.30. The molecule has 0 spiro atoms. The Kier molecular flexibility index (Phi) is 6.12. The monoisotopic (exact) mass is 308 g/mol. The number of hydrogen-bond acceptors (Lipinski definition) is 6. The van der Waals surface area contributed by atoms with Crippen molar-refractivity contribution in [3.8, 4) is 5.75 Å². The summed E-state index contributed by atoms with van der Waals surface area (Å²) in [6.07, 6.45) is 0. The summed E-state index contributed by atoms with van der Waals surface area (Å²) < 4.78 is 20.2. The molecule has 0 saturated carbocycles. The van der Waals surface area contributed by atoms with Crippen molar-refractivity contribution in [2.24, 2.45) is 0 Å². The van der Waals surface area contributed by atoms with Crippen LogP contribution in [0.3, 0.4) is 0 Å². The lowest BCUT2D eigenvalue weighted by molar-refractivity contribution is -0.168. The standard InChI is InChI=1S/C16H20O6/c1-6-22-15(18)16(21-5,11(2)14(17)20-4)12-7-9-13(19-3)10-8-12/h7-10H,2,6H2,1,3-5H3. The molecule has 0 fully saturated rings. The van der Waals surface area contributed by atoms with Gasteiger partial charge in [-0.2, -0.15) is 0 Å². The van der Waals surface area contributed by atoms with Crippen LogP contribution in [0.1, 0.15) is 12.5 Å². The van der Waals surface area contributed by atoms with E-state index in [2.05, 4.69) is 11.3 Å². The normalized spacial score (nSPS) is 12.9. The molecular formula is C16H20O6. The van der Waals surface area contributed by atoms with Gasteiger partial charge in [0, 0.05) is 12.7 Å². The SMILES string of the molecule is C=C(C(=O)OC)C(OC)(C(=O)OCC)c1ccc(OC)cc1. The third kappa shape index (κ3) is 3.12. The molecule has 1 atom stereocenters. The van der Waals surface area contributed by atoms with Gasteiger partial charge >= 0.3 is 11.9 Å². The highest BCUT2D eigenvalue weighted by Gasteiger charge is 2.48. The summed E-state index contributed by atoms with van der Waals surface area (Å²) in [5, 5.41) is 0. The van der Waals surface area contributed by atoms with E-state index >= 15 is 0 Å². The van der Waals surface area contributed by atoms with Crippen LogP contribution in [-0.4, -0.2) is 39.9 Å². The van der Waals surface area contributed by atoms with Crippen LogP contribution in [0.25, 0.3) is 0 Å². The van der Waals surface area contributed by atoms with Crippen LogP contribution in [-0.2, 0) is 29.4 Å². The maximum Gasteiger partial charge on any atom is 0.348 e. The lowest BCUT2D eigenvalue weighted by atomic mass is 9.86. The molecule has 0 aliphatic carbocycles. The highest BCUT2D eigenvalue weighted by molar-refractivity contribution is 6.00. The molecule has 0 bridgehead atoms. The van der Waals surface area contributed by atoms with Gasteiger partial charge in [0.25, 0.3) is 0 Å². The summed E-state index contributed by atoms with van der Waals surface area (Å²) in [4.78, 5) is 24.4. The number of carbonyl (C=O) groups excluding carboxylic acids is 2. The smallest absolute Gasteiger partial charge is 0.348 e. The van der Waals surface area contributed by atoms with Crippen molar-refractivity contribution in [3.63, 3.8) is 0 Å².